The fourth-order valence-corrected chi connectivity index (χ4v) is 3.76. The van der Waals surface area contributed by atoms with Gasteiger partial charge in [0.25, 0.3) is 5.91 Å². The lowest BCUT2D eigenvalue weighted by Gasteiger charge is -2.29. The summed E-state index contributed by atoms with van der Waals surface area (Å²) in [4.78, 5) is 29.5. The Morgan fingerprint density at radius 2 is 1.84 bits per heavy atom. The summed E-state index contributed by atoms with van der Waals surface area (Å²) in [6.07, 6.45) is 1.44. The molecule has 0 unspecified atom stereocenters. The van der Waals surface area contributed by atoms with Gasteiger partial charge in [-0.3, -0.25) is 4.79 Å². The van der Waals surface area contributed by atoms with Crippen molar-refractivity contribution < 1.29 is 14.3 Å². The van der Waals surface area contributed by atoms with Crippen LogP contribution in [0, 0.1) is 13.8 Å². The van der Waals surface area contributed by atoms with Crippen molar-refractivity contribution >= 4 is 23.5 Å². The lowest BCUT2D eigenvalue weighted by Crippen LogP contribution is -2.31. The van der Waals surface area contributed by atoms with E-state index in [0.29, 0.717) is 22.8 Å². The van der Waals surface area contributed by atoms with E-state index in [1.807, 2.05) is 39.0 Å². The summed E-state index contributed by atoms with van der Waals surface area (Å²) in [5.41, 5.74) is 5.29. The van der Waals surface area contributed by atoms with Crippen molar-refractivity contribution in [1.29, 1.82) is 0 Å². The minimum Gasteiger partial charge on any atom is -0.465 e. The fourth-order valence-electron chi connectivity index (χ4n) is 3.76. The second kappa shape index (κ2) is 8.06. The highest BCUT2D eigenvalue weighted by molar-refractivity contribution is 6.06. The van der Waals surface area contributed by atoms with Gasteiger partial charge in [0.05, 0.1) is 18.2 Å². The topological polar surface area (TPSA) is 98.1 Å². The van der Waals surface area contributed by atoms with Gasteiger partial charge < -0.3 is 15.4 Å². The third kappa shape index (κ3) is 3.79. The van der Waals surface area contributed by atoms with Crippen molar-refractivity contribution in [1.82, 2.24) is 14.8 Å². The smallest absolute Gasteiger partial charge is 0.337 e. The Morgan fingerprint density at radius 1 is 1.10 bits per heavy atom. The summed E-state index contributed by atoms with van der Waals surface area (Å²) in [5.74, 6) is -0.111. The Morgan fingerprint density at radius 3 is 2.52 bits per heavy atom. The van der Waals surface area contributed by atoms with Crippen molar-refractivity contribution in [3.8, 4) is 0 Å². The Bertz CT molecular complexity index is 1190. The largest absolute Gasteiger partial charge is 0.465 e. The number of rotatable bonds is 4. The molecule has 2 N–H and O–H groups in total. The summed E-state index contributed by atoms with van der Waals surface area (Å²) < 4.78 is 6.44. The van der Waals surface area contributed by atoms with Gasteiger partial charge in [-0.1, -0.05) is 29.8 Å². The van der Waals surface area contributed by atoms with Crippen molar-refractivity contribution in [2.45, 2.75) is 26.8 Å². The summed E-state index contributed by atoms with van der Waals surface area (Å²) in [6, 6.07) is 12.3. The first-order valence-corrected chi connectivity index (χ1v) is 9.83. The Kier molecular flexibility index (Phi) is 5.29. The van der Waals surface area contributed by atoms with Crippen LogP contribution in [0.15, 0.2) is 60.1 Å². The first-order chi connectivity index (χ1) is 14.9. The summed E-state index contributed by atoms with van der Waals surface area (Å²) >= 11 is 0. The van der Waals surface area contributed by atoms with Gasteiger partial charge in [-0.05, 0) is 50.1 Å². The SMILES string of the molecule is COC(=O)c1ccc([C@@H]2C(C(=O)Nc3ccc(C)cc3C)=C(C)Nc3ncnn32)cc1. The number of aromatic nitrogens is 3. The van der Waals surface area contributed by atoms with Crippen LogP contribution >= 0.6 is 0 Å². The minimum absolute atomic E-state index is 0.236. The normalized spacial score (nSPS) is 15.2. The van der Waals surface area contributed by atoms with E-state index in [1.54, 1.807) is 28.9 Å². The molecule has 0 fully saturated rings. The van der Waals surface area contributed by atoms with E-state index >= 15 is 0 Å². The number of esters is 1. The Balaban J connectivity index is 1.74. The van der Waals surface area contributed by atoms with E-state index in [-0.39, 0.29) is 5.91 Å². The maximum absolute atomic E-state index is 13.4. The van der Waals surface area contributed by atoms with Gasteiger partial charge in [0.15, 0.2) is 0 Å². The van der Waals surface area contributed by atoms with Crippen molar-refractivity contribution in [2.24, 2.45) is 0 Å². The van der Waals surface area contributed by atoms with Crippen molar-refractivity contribution in [3.63, 3.8) is 0 Å². The number of methoxy groups -OCH3 is 1. The summed E-state index contributed by atoms with van der Waals surface area (Å²) in [5, 5.41) is 10.5. The molecule has 3 aromatic rings. The van der Waals surface area contributed by atoms with Gasteiger partial charge >= 0.3 is 5.97 Å². The molecule has 158 valence electrons. The van der Waals surface area contributed by atoms with Crippen LogP contribution in [0.1, 0.15) is 40.0 Å². The first kappa shape index (κ1) is 20.3. The quantitative estimate of drug-likeness (QED) is 0.630. The third-order valence-electron chi connectivity index (χ3n) is 5.32. The highest BCUT2D eigenvalue weighted by Crippen LogP contribution is 2.35. The molecule has 0 aliphatic carbocycles. The Labute approximate surface area is 179 Å². The van der Waals surface area contributed by atoms with E-state index in [4.69, 9.17) is 4.74 Å². The molecule has 0 spiro atoms. The van der Waals surface area contributed by atoms with E-state index in [1.165, 1.54) is 13.4 Å². The standard InChI is InChI=1S/C23H23N5O3/c1-13-5-10-18(14(2)11-13)27-21(29)19-15(3)26-23-24-12-25-28(23)20(19)16-6-8-17(9-7-16)22(30)31-4/h5-12,20H,1-4H3,(H,27,29)(H,24,25,26)/t20-/m1/s1. The third-order valence-corrected chi connectivity index (χ3v) is 5.32. The van der Waals surface area contributed by atoms with E-state index in [0.717, 1.165) is 22.4 Å². The number of carbonyl (C=O) groups is 2. The molecule has 1 aliphatic rings. The van der Waals surface area contributed by atoms with Gasteiger partial charge in [0.2, 0.25) is 5.95 Å². The predicted octanol–water partition coefficient (Wildman–Crippen LogP) is 3.61. The molecule has 8 nitrogen and oxygen atoms in total. The van der Waals surface area contributed by atoms with Crippen LogP contribution in [-0.2, 0) is 9.53 Å². The number of anilines is 2. The number of nitrogens with one attached hydrogen (secondary N) is 2. The minimum atomic E-state index is -0.504. The summed E-state index contributed by atoms with van der Waals surface area (Å²) in [7, 11) is 1.34. The number of fused-ring (bicyclic) bond motifs is 1. The van der Waals surface area contributed by atoms with Crippen LogP contribution in [0.4, 0.5) is 11.6 Å². The first-order valence-electron chi connectivity index (χ1n) is 9.83. The highest BCUT2D eigenvalue weighted by Gasteiger charge is 2.33. The number of hydrogen-bond acceptors (Lipinski definition) is 6. The molecular weight excluding hydrogens is 394 g/mol. The predicted molar refractivity (Wildman–Crippen MR) is 117 cm³/mol. The van der Waals surface area contributed by atoms with Crippen LogP contribution < -0.4 is 10.6 Å². The number of amides is 1. The second-order valence-corrected chi connectivity index (χ2v) is 7.48. The average molecular weight is 417 g/mol. The van der Waals surface area contributed by atoms with Gasteiger partial charge in [0, 0.05) is 11.4 Å². The lowest BCUT2D eigenvalue weighted by atomic mass is 9.94. The molecule has 2 aromatic carbocycles. The molecule has 0 saturated carbocycles. The molecule has 0 saturated heterocycles. The van der Waals surface area contributed by atoms with E-state index < -0.39 is 12.0 Å². The molecule has 1 aliphatic heterocycles. The molecule has 1 atom stereocenters. The van der Waals surface area contributed by atoms with Gasteiger partial charge in [-0.15, -0.1) is 0 Å². The van der Waals surface area contributed by atoms with Crippen LogP contribution in [-0.4, -0.2) is 33.8 Å². The zero-order valence-electron chi connectivity index (χ0n) is 17.8. The van der Waals surface area contributed by atoms with Crippen LogP contribution in [0.2, 0.25) is 0 Å². The number of hydrogen-bond donors (Lipinski definition) is 2. The van der Waals surface area contributed by atoms with Crippen LogP contribution in [0.25, 0.3) is 0 Å². The fraction of sp³-hybridized carbons (Fsp3) is 0.217. The maximum atomic E-state index is 13.4. The molecule has 4 rings (SSSR count). The molecular formula is C23H23N5O3. The van der Waals surface area contributed by atoms with Crippen molar-refractivity contribution in [3.05, 3.63) is 82.3 Å². The molecule has 1 amide bonds. The van der Waals surface area contributed by atoms with E-state index in [2.05, 4.69) is 20.7 Å². The molecule has 31 heavy (non-hydrogen) atoms. The summed E-state index contributed by atoms with van der Waals surface area (Å²) in [6.45, 7) is 5.81. The molecule has 1 aromatic heterocycles. The van der Waals surface area contributed by atoms with Crippen LogP contribution in [0.3, 0.4) is 0 Å². The number of ether oxygens (including phenoxy) is 1. The second-order valence-electron chi connectivity index (χ2n) is 7.48. The number of benzene rings is 2. The number of nitrogens with zero attached hydrogens (tertiary/aromatic N) is 3. The number of carbonyl (C=O) groups excluding carboxylic acids is 2. The van der Waals surface area contributed by atoms with Crippen molar-refractivity contribution in [2.75, 3.05) is 17.7 Å². The van der Waals surface area contributed by atoms with Gasteiger partial charge in [-0.25, -0.2) is 9.48 Å². The van der Waals surface area contributed by atoms with Crippen LogP contribution in [0.5, 0.6) is 0 Å². The van der Waals surface area contributed by atoms with E-state index in [9.17, 15) is 9.59 Å². The number of aryl methyl sites for hydroxylation is 2. The molecule has 8 heteroatoms. The molecule has 2 heterocycles. The zero-order valence-corrected chi connectivity index (χ0v) is 17.8. The maximum Gasteiger partial charge on any atom is 0.337 e. The van der Waals surface area contributed by atoms with Gasteiger partial charge in [0.1, 0.15) is 12.4 Å². The Hall–Kier alpha value is -3.94. The molecule has 0 bridgehead atoms. The zero-order chi connectivity index (χ0) is 22.1. The molecule has 0 radical (unpaired) electrons. The lowest BCUT2D eigenvalue weighted by molar-refractivity contribution is -0.113. The average Bonchev–Trinajstić information content (AvgIpc) is 3.22. The number of allylic oxidation sites excluding steroid dienone is 1. The van der Waals surface area contributed by atoms with Gasteiger partial charge in [-0.2, -0.15) is 10.1 Å². The highest BCUT2D eigenvalue weighted by atomic mass is 16.5. The monoisotopic (exact) mass is 417 g/mol.